The van der Waals surface area contributed by atoms with Gasteiger partial charge < -0.3 is 5.32 Å². The molecule has 0 bridgehead atoms. The highest BCUT2D eigenvalue weighted by atomic mass is 32.1. The van der Waals surface area contributed by atoms with Crippen molar-refractivity contribution < 1.29 is 4.79 Å². The Balaban J connectivity index is 1.50. The number of rotatable bonds is 4. The SMILES string of the molecule is Cc1cc(C)n(-c2cc(NC(=O)Cc3cn4ccsc4n3)ncn2)n1. The Labute approximate surface area is 147 Å². The van der Waals surface area contributed by atoms with Crippen LogP contribution in [0.2, 0.25) is 0 Å². The van der Waals surface area contributed by atoms with Gasteiger partial charge in [0, 0.05) is 29.5 Å². The second-order valence-corrected chi connectivity index (χ2v) is 6.52. The van der Waals surface area contributed by atoms with E-state index in [0.29, 0.717) is 11.6 Å². The zero-order valence-corrected chi connectivity index (χ0v) is 14.5. The van der Waals surface area contributed by atoms with Gasteiger partial charge in [-0.15, -0.1) is 11.3 Å². The number of aromatic nitrogens is 6. The Morgan fingerprint density at radius 1 is 1.28 bits per heavy atom. The van der Waals surface area contributed by atoms with Gasteiger partial charge in [0.05, 0.1) is 17.8 Å². The average molecular weight is 353 g/mol. The number of carbonyl (C=O) groups is 1. The Morgan fingerprint density at radius 3 is 2.92 bits per heavy atom. The van der Waals surface area contributed by atoms with Gasteiger partial charge in [-0.1, -0.05) is 0 Å². The summed E-state index contributed by atoms with van der Waals surface area (Å²) in [5.41, 5.74) is 2.59. The minimum Gasteiger partial charge on any atom is -0.310 e. The van der Waals surface area contributed by atoms with Crippen LogP contribution in [0.3, 0.4) is 0 Å². The van der Waals surface area contributed by atoms with E-state index in [2.05, 4.69) is 25.4 Å². The van der Waals surface area contributed by atoms with Crippen molar-refractivity contribution in [2.75, 3.05) is 5.32 Å². The second-order valence-electron chi connectivity index (χ2n) is 5.65. The Kier molecular flexibility index (Phi) is 3.77. The van der Waals surface area contributed by atoms with Crippen LogP contribution in [0.4, 0.5) is 5.82 Å². The first-order valence-electron chi connectivity index (χ1n) is 7.65. The third kappa shape index (κ3) is 3.13. The summed E-state index contributed by atoms with van der Waals surface area (Å²) in [6.07, 6.45) is 5.37. The van der Waals surface area contributed by atoms with Gasteiger partial charge in [-0.3, -0.25) is 9.20 Å². The molecule has 0 saturated carbocycles. The fraction of sp³-hybridized carbons (Fsp3) is 0.188. The van der Waals surface area contributed by atoms with Gasteiger partial charge in [0.15, 0.2) is 10.8 Å². The van der Waals surface area contributed by atoms with Crippen molar-refractivity contribution >= 4 is 28.0 Å². The van der Waals surface area contributed by atoms with Crippen molar-refractivity contribution in [2.24, 2.45) is 0 Å². The molecule has 8 nitrogen and oxygen atoms in total. The van der Waals surface area contributed by atoms with Crippen LogP contribution >= 0.6 is 11.3 Å². The maximum absolute atomic E-state index is 12.3. The molecule has 0 aliphatic heterocycles. The normalized spacial score (nSPS) is 11.1. The topological polar surface area (TPSA) is 90.0 Å². The number of thiazole rings is 1. The fourth-order valence-corrected chi connectivity index (χ4v) is 3.32. The minimum atomic E-state index is -0.177. The number of amides is 1. The van der Waals surface area contributed by atoms with Gasteiger partial charge in [-0.05, 0) is 19.9 Å². The van der Waals surface area contributed by atoms with E-state index < -0.39 is 0 Å². The first-order valence-corrected chi connectivity index (χ1v) is 8.53. The summed E-state index contributed by atoms with van der Waals surface area (Å²) in [4.78, 5) is 25.9. The van der Waals surface area contributed by atoms with E-state index in [4.69, 9.17) is 0 Å². The molecule has 4 aromatic heterocycles. The third-order valence-electron chi connectivity index (χ3n) is 3.63. The number of fused-ring (bicyclic) bond motifs is 1. The number of hydrogen-bond acceptors (Lipinski definition) is 6. The van der Waals surface area contributed by atoms with Crippen LogP contribution in [0.1, 0.15) is 17.1 Å². The number of hydrogen-bond donors (Lipinski definition) is 1. The van der Waals surface area contributed by atoms with E-state index in [0.717, 1.165) is 22.0 Å². The van der Waals surface area contributed by atoms with Crippen molar-refractivity contribution in [1.82, 2.24) is 29.1 Å². The molecule has 0 radical (unpaired) electrons. The molecular formula is C16H15N7OS. The van der Waals surface area contributed by atoms with Crippen LogP contribution in [0.25, 0.3) is 10.8 Å². The van der Waals surface area contributed by atoms with Gasteiger partial charge in [0.25, 0.3) is 0 Å². The average Bonchev–Trinajstić information content (AvgIpc) is 3.22. The van der Waals surface area contributed by atoms with E-state index >= 15 is 0 Å². The molecule has 0 spiro atoms. The smallest absolute Gasteiger partial charge is 0.231 e. The highest BCUT2D eigenvalue weighted by Crippen LogP contribution is 2.14. The molecule has 4 rings (SSSR count). The highest BCUT2D eigenvalue weighted by molar-refractivity contribution is 7.15. The largest absolute Gasteiger partial charge is 0.310 e. The molecule has 126 valence electrons. The molecule has 25 heavy (non-hydrogen) atoms. The van der Waals surface area contributed by atoms with Gasteiger partial charge >= 0.3 is 0 Å². The van der Waals surface area contributed by atoms with Crippen molar-refractivity contribution in [1.29, 1.82) is 0 Å². The predicted octanol–water partition coefficient (Wildman–Crippen LogP) is 2.17. The van der Waals surface area contributed by atoms with E-state index in [1.54, 1.807) is 10.7 Å². The molecule has 1 amide bonds. The molecule has 0 fully saturated rings. The van der Waals surface area contributed by atoms with Crippen LogP contribution in [0, 0.1) is 13.8 Å². The van der Waals surface area contributed by atoms with Crippen LogP contribution in [-0.4, -0.2) is 35.0 Å². The zero-order chi connectivity index (χ0) is 17.4. The summed E-state index contributed by atoms with van der Waals surface area (Å²) in [6, 6.07) is 3.66. The summed E-state index contributed by atoms with van der Waals surface area (Å²) in [6.45, 7) is 3.87. The van der Waals surface area contributed by atoms with Gasteiger partial charge in [-0.25, -0.2) is 19.6 Å². The van der Waals surface area contributed by atoms with E-state index in [9.17, 15) is 4.79 Å². The van der Waals surface area contributed by atoms with Crippen LogP contribution in [0.15, 0.2) is 36.2 Å². The van der Waals surface area contributed by atoms with E-state index in [1.807, 2.05) is 42.1 Å². The molecule has 4 aromatic rings. The number of nitrogens with zero attached hydrogens (tertiary/aromatic N) is 6. The van der Waals surface area contributed by atoms with Crippen molar-refractivity contribution in [2.45, 2.75) is 20.3 Å². The molecule has 0 saturated heterocycles. The van der Waals surface area contributed by atoms with Crippen molar-refractivity contribution in [3.63, 3.8) is 0 Å². The maximum Gasteiger partial charge on any atom is 0.231 e. The van der Waals surface area contributed by atoms with E-state index in [1.165, 1.54) is 17.7 Å². The highest BCUT2D eigenvalue weighted by Gasteiger charge is 2.11. The number of nitrogens with one attached hydrogen (secondary N) is 1. The fourth-order valence-electron chi connectivity index (χ4n) is 2.60. The number of anilines is 1. The van der Waals surface area contributed by atoms with Crippen LogP contribution in [0.5, 0.6) is 0 Å². The predicted molar refractivity (Wildman–Crippen MR) is 94.0 cm³/mol. The molecule has 0 atom stereocenters. The molecule has 9 heteroatoms. The first-order chi connectivity index (χ1) is 12.1. The molecule has 0 aliphatic rings. The number of imidazole rings is 1. The number of aryl methyl sites for hydroxylation is 2. The lowest BCUT2D eigenvalue weighted by atomic mass is 10.3. The van der Waals surface area contributed by atoms with Crippen molar-refractivity contribution in [3.8, 4) is 5.82 Å². The summed E-state index contributed by atoms with van der Waals surface area (Å²) < 4.78 is 3.62. The lowest BCUT2D eigenvalue weighted by Gasteiger charge is -2.06. The molecule has 4 heterocycles. The van der Waals surface area contributed by atoms with Gasteiger partial charge in [0.1, 0.15) is 12.1 Å². The summed E-state index contributed by atoms with van der Waals surface area (Å²) in [5.74, 6) is 0.866. The zero-order valence-electron chi connectivity index (χ0n) is 13.7. The molecule has 0 unspecified atom stereocenters. The monoisotopic (exact) mass is 353 g/mol. The lowest BCUT2D eigenvalue weighted by Crippen LogP contribution is -2.16. The van der Waals surface area contributed by atoms with Gasteiger partial charge in [0.2, 0.25) is 5.91 Å². The Bertz CT molecular complexity index is 1030. The Morgan fingerprint density at radius 2 is 2.16 bits per heavy atom. The minimum absolute atomic E-state index is 0.177. The molecule has 1 N–H and O–H groups in total. The molecular weight excluding hydrogens is 338 g/mol. The van der Waals surface area contributed by atoms with Gasteiger partial charge in [-0.2, -0.15) is 5.10 Å². The quantitative estimate of drug-likeness (QED) is 0.607. The van der Waals surface area contributed by atoms with Crippen molar-refractivity contribution in [3.05, 3.63) is 53.3 Å². The third-order valence-corrected chi connectivity index (χ3v) is 4.40. The van der Waals surface area contributed by atoms with E-state index in [-0.39, 0.29) is 12.3 Å². The first kappa shape index (κ1) is 15.5. The second kappa shape index (κ2) is 6.10. The lowest BCUT2D eigenvalue weighted by molar-refractivity contribution is -0.115. The maximum atomic E-state index is 12.3. The summed E-state index contributed by atoms with van der Waals surface area (Å²) in [5, 5.41) is 9.13. The summed E-state index contributed by atoms with van der Waals surface area (Å²) >= 11 is 1.53. The molecule has 0 aliphatic carbocycles. The molecule has 0 aromatic carbocycles. The van der Waals surface area contributed by atoms with Crippen LogP contribution in [-0.2, 0) is 11.2 Å². The summed E-state index contributed by atoms with van der Waals surface area (Å²) in [7, 11) is 0. The van der Waals surface area contributed by atoms with Crippen LogP contribution < -0.4 is 5.32 Å². The Hall–Kier alpha value is -3.07. The number of carbonyl (C=O) groups excluding carboxylic acids is 1. The standard InChI is InChI=1S/C16H15N7OS/c1-10-5-11(2)23(21-10)14-7-13(17-9-18-14)20-15(24)6-12-8-22-3-4-25-16(22)19-12/h3-5,7-9H,6H2,1-2H3,(H,17,18,20,24).